The van der Waals surface area contributed by atoms with Gasteiger partial charge in [0.2, 0.25) is 5.91 Å². The number of amides is 1. The van der Waals surface area contributed by atoms with Crippen LogP contribution >= 0.6 is 0 Å². The summed E-state index contributed by atoms with van der Waals surface area (Å²) in [5.74, 6) is 1.93. The summed E-state index contributed by atoms with van der Waals surface area (Å²) in [4.78, 5) is 17.2. The third-order valence-corrected chi connectivity index (χ3v) is 5.63. The van der Waals surface area contributed by atoms with Gasteiger partial charge in [-0.15, -0.1) is 0 Å². The number of rotatable bonds is 5. The Morgan fingerprint density at radius 2 is 1.86 bits per heavy atom. The molecule has 0 aromatic heterocycles. The van der Waals surface area contributed by atoms with Gasteiger partial charge in [-0.25, -0.2) is 0 Å². The number of methoxy groups -OCH3 is 1. The second-order valence-electron chi connectivity index (χ2n) is 7.50. The fourth-order valence-corrected chi connectivity index (χ4v) is 3.97. The van der Waals surface area contributed by atoms with Crippen LogP contribution in [-0.2, 0) is 17.8 Å². The molecule has 2 aliphatic heterocycles. The van der Waals surface area contributed by atoms with Gasteiger partial charge in [0.15, 0.2) is 0 Å². The average molecular weight is 380 g/mol. The van der Waals surface area contributed by atoms with E-state index in [1.54, 1.807) is 7.11 Å². The quantitative estimate of drug-likeness (QED) is 0.794. The summed E-state index contributed by atoms with van der Waals surface area (Å²) in [5, 5.41) is 0. The zero-order valence-corrected chi connectivity index (χ0v) is 16.5. The van der Waals surface area contributed by atoms with Crippen LogP contribution < -0.4 is 14.4 Å². The molecule has 5 nitrogen and oxygen atoms in total. The Hall–Kier alpha value is -2.69. The van der Waals surface area contributed by atoms with Crippen LogP contribution in [0.2, 0.25) is 0 Å². The highest BCUT2D eigenvalue weighted by Gasteiger charge is 2.21. The Labute approximate surface area is 166 Å². The summed E-state index contributed by atoms with van der Waals surface area (Å²) in [6, 6.07) is 14.3. The average Bonchev–Trinajstić information content (AvgIpc) is 3.19. The Bertz CT molecular complexity index is 813. The number of carbonyl (C=O) groups excluding carboxylic acids is 1. The van der Waals surface area contributed by atoms with Crippen molar-refractivity contribution in [1.82, 2.24) is 4.90 Å². The second kappa shape index (κ2) is 8.55. The van der Waals surface area contributed by atoms with Gasteiger partial charge in [-0.3, -0.25) is 4.79 Å². The normalized spacial score (nSPS) is 16.3. The molecular formula is C23H28N2O3. The molecule has 0 radical (unpaired) electrons. The molecule has 2 aromatic rings. The standard InChI is InChI=1S/C23H28N2O3/c1-27-21-8-4-18(5-9-21)6-11-23(26)25-14-15-28-22-10-7-20(16-19(22)17-25)24-12-2-3-13-24/h4-5,7-10,16H,2-3,6,11-15,17H2,1H3. The third kappa shape index (κ3) is 4.24. The number of nitrogens with zero attached hydrogens (tertiary/aromatic N) is 2. The smallest absolute Gasteiger partial charge is 0.223 e. The van der Waals surface area contributed by atoms with E-state index in [2.05, 4.69) is 23.1 Å². The molecule has 1 saturated heterocycles. The van der Waals surface area contributed by atoms with Gasteiger partial charge in [-0.2, -0.15) is 0 Å². The molecule has 0 bridgehead atoms. The van der Waals surface area contributed by atoms with Crippen molar-refractivity contribution < 1.29 is 14.3 Å². The van der Waals surface area contributed by atoms with Crippen molar-refractivity contribution in [2.24, 2.45) is 0 Å². The molecule has 1 amide bonds. The lowest BCUT2D eigenvalue weighted by Gasteiger charge is -2.22. The van der Waals surface area contributed by atoms with Crippen molar-refractivity contribution in [1.29, 1.82) is 0 Å². The molecule has 0 atom stereocenters. The van der Waals surface area contributed by atoms with Gasteiger partial charge in [0.1, 0.15) is 18.1 Å². The third-order valence-electron chi connectivity index (χ3n) is 5.63. The molecule has 0 spiro atoms. The van der Waals surface area contributed by atoms with Gasteiger partial charge in [0, 0.05) is 37.3 Å². The Kier molecular flexibility index (Phi) is 5.70. The first-order valence-electron chi connectivity index (χ1n) is 10.1. The molecule has 2 aromatic carbocycles. The maximum Gasteiger partial charge on any atom is 0.223 e. The Morgan fingerprint density at radius 3 is 2.61 bits per heavy atom. The number of aryl methyl sites for hydroxylation is 1. The molecule has 0 N–H and O–H groups in total. The molecule has 2 aliphatic rings. The van der Waals surface area contributed by atoms with Crippen molar-refractivity contribution in [3.63, 3.8) is 0 Å². The topological polar surface area (TPSA) is 42.0 Å². The molecule has 28 heavy (non-hydrogen) atoms. The van der Waals surface area contributed by atoms with Crippen LogP contribution in [0.3, 0.4) is 0 Å². The first-order valence-corrected chi connectivity index (χ1v) is 10.1. The van der Waals surface area contributed by atoms with E-state index in [0.29, 0.717) is 26.1 Å². The SMILES string of the molecule is COc1ccc(CCC(=O)N2CCOc3ccc(N4CCCC4)cc3C2)cc1. The predicted molar refractivity (Wildman–Crippen MR) is 110 cm³/mol. The van der Waals surface area contributed by atoms with E-state index < -0.39 is 0 Å². The summed E-state index contributed by atoms with van der Waals surface area (Å²) in [6.45, 7) is 4.03. The molecule has 0 saturated carbocycles. The first-order chi connectivity index (χ1) is 13.7. The van der Waals surface area contributed by atoms with Gasteiger partial charge in [-0.1, -0.05) is 12.1 Å². The Balaban J connectivity index is 1.40. The molecular weight excluding hydrogens is 352 g/mol. The van der Waals surface area contributed by atoms with Crippen LogP contribution in [-0.4, -0.2) is 44.2 Å². The number of anilines is 1. The van der Waals surface area contributed by atoms with Crippen molar-refractivity contribution in [2.75, 3.05) is 38.3 Å². The zero-order chi connectivity index (χ0) is 19.3. The molecule has 2 heterocycles. The number of hydrogen-bond acceptors (Lipinski definition) is 4. The maximum absolute atomic E-state index is 12.8. The van der Waals surface area contributed by atoms with E-state index in [0.717, 1.165) is 42.1 Å². The van der Waals surface area contributed by atoms with Gasteiger partial charge < -0.3 is 19.3 Å². The molecule has 0 unspecified atom stereocenters. The van der Waals surface area contributed by atoms with Crippen molar-refractivity contribution in [2.45, 2.75) is 32.2 Å². The lowest BCUT2D eigenvalue weighted by Crippen LogP contribution is -2.32. The Morgan fingerprint density at radius 1 is 1.07 bits per heavy atom. The van der Waals surface area contributed by atoms with E-state index in [9.17, 15) is 4.79 Å². The van der Waals surface area contributed by atoms with Crippen LogP contribution in [0.15, 0.2) is 42.5 Å². The first kappa shape index (κ1) is 18.7. The molecule has 5 heteroatoms. The van der Waals surface area contributed by atoms with Crippen LogP contribution in [0, 0.1) is 0 Å². The largest absolute Gasteiger partial charge is 0.497 e. The van der Waals surface area contributed by atoms with Crippen molar-refractivity contribution in [3.05, 3.63) is 53.6 Å². The summed E-state index contributed by atoms with van der Waals surface area (Å²) >= 11 is 0. The van der Waals surface area contributed by atoms with Crippen molar-refractivity contribution >= 4 is 11.6 Å². The van der Waals surface area contributed by atoms with E-state index in [-0.39, 0.29) is 5.91 Å². The fourth-order valence-electron chi connectivity index (χ4n) is 3.97. The van der Waals surface area contributed by atoms with Crippen LogP contribution in [0.1, 0.15) is 30.4 Å². The zero-order valence-electron chi connectivity index (χ0n) is 16.5. The molecule has 4 rings (SSSR count). The summed E-state index contributed by atoms with van der Waals surface area (Å²) in [5.41, 5.74) is 3.50. The summed E-state index contributed by atoms with van der Waals surface area (Å²) in [7, 11) is 1.66. The summed E-state index contributed by atoms with van der Waals surface area (Å²) < 4.78 is 11.1. The van der Waals surface area contributed by atoms with Gasteiger partial charge in [0.05, 0.1) is 13.7 Å². The number of carbonyl (C=O) groups is 1. The van der Waals surface area contributed by atoms with E-state index >= 15 is 0 Å². The number of fused-ring (bicyclic) bond motifs is 1. The minimum atomic E-state index is 0.179. The van der Waals surface area contributed by atoms with Gasteiger partial charge in [-0.05, 0) is 55.2 Å². The lowest BCUT2D eigenvalue weighted by molar-refractivity contribution is -0.131. The fraction of sp³-hybridized carbons (Fsp3) is 0.435. The number of benzene rings is 2. The monoisotopic (exact) mass is 380 g/mol. The van der Waals surface area contributed by atoms with E-state index in [1.807, 2.05) is 29.2 Å². The summed E-state index contributed by atoms with van der Waals surface area (Å²) in [6.07, 6.45) is 3.75. The lowest BCUT2D eigenvalue weighted by atomic mass is 10.1. The van der Waals surface area contributed by atoms with Crippen LogP contribution in [0.5, 0.6) is 11.5 Å². The molecule has 1 fully saturated rings. The second-order valence-corrected chi connectivity index (χ2v) is 7.50. The van der Waals surface area contributed by atoms with Gasteiger partial charge >= 0.3 is 0 Å². The van der Waals surface area contributed by atoms with Crippen LogP contribution in [0.4, 0.5) is 5.69 Å². The highest BCUT2D eigenvalue weighted by atomic mass is 16.5. The molecule has 0 aliphatic carbocycles. The number of hydrogen-bond donors (Lipinski definition) is 0. The van der Waals surface area contributed by atoms with E-state index in [1.165, 1.54) is 18.5 Å². The van der Waals surface area contributed by atoms with Crippen LogP contribution in [0.25, 0.3) is 0 Å². The molecule has 148 valence electrons. The van der Waals surface area contributed by atoms with E-state index in [4.69, 9.17) is 9.47 Å². The number of ether oxygens (including phenoxy) is 2. The maximum atomic E-state index is 12.8. The van der Waals surface area contributed by atoms with Crippen molar-refractivity contribution in [3.8, 4) is 11.5 Å². The minimum Gasteiger partial charge on any atom is -0.497 e. The minimum absolute atomic E-state index is 0.179. The van der Waals surface area contributed by atoms with Gasteiger partial charge in [0.25, 0.3) is 0 Å². The predicted octanol–water partition coefficient (Wildman–Crippen LogP) is 3.65. The highest BCUT2D eigenvalue weighted by Crippen LogP contribution is 2.30. The highest BCUT2D eigenvalue weighted by molar-refractivity contribution is 5.76.